The number of hydrazine groups is 1. The molecule has 0 fully saturated rings. The fourth-order valence-electron chi connectivity index (χ4n) is 2.07. The molecule has 0 atom stereocenters. The molecule has 0 aliphatic carbocycles. The molecular weight excluding hydrogens is 302 g/mol. The molecule has 1 aromatic heterocycles. The number of amides is 1. The summed E-state index contributed by atoms with van der Waals surface area (Å²) in [6.07, 6.45) is 1.41. The van der Waals surface area contributed by atoms with Gasteiger partial charge in [0.05, 0.1) is 5.69 Å². The highest BCUT2D eigenvalue weighted by Crippen LogP contribution is 2.12. The summed E-state index contributed by atoms with van der Waals surface area (Å²) < 4.78 is 0. The minimum absolute atomic E-state index is 0.0418. The predicted octanol–water partition coefficient (Wildman–Crippen LogP) is 2.94. The Morgan fingerprint density at radius 3 is 2.55 bits per heavy atom. The second-order valence-electron chi connectivity index (χ2n) is 4.66. The molecule has 0 saturated carbocycles. The Morgan fingerprint density at radius 2 is 1.77 bits per heavy atom. The number of benzene rings is 2. The quantitative estimate of drug-likeness (QED) is 0.651. The lowest BCUT2D eigenvalue weighted by Crippen LogP contribution is -2.33. The zero-order valence-corrected chi connectivity index (χ0v) is 12.1. The monoisotopic (exact) mass is 313 g/mol. The maximum absolute atomic E-state index is 12.3. The number of para-hydroxylation sites is 1. The molecular formula is C16H12ClN3O2. The van der Waals surface area contributed by atoms with Gasteiger partial charge in [-0.05, 0) is 36.4 Å². The highest BCUT2D eigenvalue weighted by molar-refractivity contribution is 6.30. The molecule has 3 N–H and O–H groups in total. The molecule has 6 heteroatoms. The van der Waals surface area contributed by atoms with Gasteiger partial charge in [-0.25, -0.2) is 0 Å². The van der Waals surface area contributed by atoms with Gasteiger partial charge in [0.25, 0.3) is 5.91 Å². The number of hydrogen-bond donors (Lipinski definition) is 3. The van der Waals surface area contributed by atoms with E-state index in [4.69, 9.17) is 11.6 Å². The lowest BCUT2D eigenvalue weighted by molar-refractivity contribution is 0.0961. The van der Waals surface area contributed by atoms with E-state index in [-0.39, 0.29) is 11.0 Å². The number of halogens is 1. The van der Waals surface area contributed by atoms with Crippen molar-refractivity contribution in [1.82, 2.24) is 10.4 Å². The number of anilines is 1. The molecule has 1 heterocycles. The Bertz CT molecular complexity index is 888. The van der Waals surface area contributed by atoms with Crippen molar-refractivity contribution < 1.29 is 4.79 Å². The van der Waals surface area contributed by atoms with Crippen molar-refractivity contribution in [1.29, 1.82) is 0 Å². The number of aromatic nitrogens is 1. The molecule has 110 valence electrons. The molecule has 2 aromatic carbocycles. The first-order valence-corrected chi connectivity index (χ1v) is 6.95. The zero-order chi connectivity index (χ0) is 15.5. The first kappa shape index (κ1) is 14.2. The van der Waals surface area contributed by atoms with Gasteiger partial charge < -0.3 is 4.98 Å². The maximum atomic E-state index is 12.3. The summed E-state index contributed by atoms with van der Waals surface area (Å²) in [6, 6.07) is 13.9. The van der Waals surface area contributed by atoms with Crippen molar-refractivity contribution in [3.63, 3.8) is 0 Å². The SMILES string of the molecule is O=C(NNc1ccc(Cl)cc1)c1c[nH]c2ccccc2c1=O. The molecule has 1 amide bonds. The predicted molar refractivity (Wildman–Crippen MR) is 87.1 cm³/mol. The van der Waals surface area contributed by atoms with Crippen molar-refractivity contribution >= 4 is 34.1 Å². The highest BCUT2D eigenvalue weighted by Gasteiger charge is 2.12. The molecule has 3 aromatic rings. The van der Waals surface area contributed by atoms with Crippen LogP contribution in [0.4, 0.5) is 5.69 Å². The molecule has 3 rings (SSSR count). The molecule has 0 aliphatic rings. The Morgan fingerprint density at radius 1 is 1.05 bits per heavy atom. The molecule has 0 unspecified atom stereocenters. The lowest BCUT2D eigenvalue weighted by atomic mass is 10.1. The van der Waals surface area contributed by atoms with Gasteiger partial charge in [0.2, 0.25) is 5.43 Å². The summed E-state index contributed by atoms with van der Waals surface area (Å²) >= 11 is 5.79. The van der Waals surface area contributed by atoms with Gasteiger partial charge >= 0.3 is 0 Å². The van der Waals surface area contributed by atoms with Crippen LogP contribution < -0.4 is 16.3 Å². The zero-order valence-electron chi connectivity index (χ0n) is 11.4. The fourth-order valence-corrected chi connectivity index (χ4v) is 2.19. The molecule has 22 heavy (non-hydrogen) atoms. The average Bonchev–Trinajstić information content (AvgIpc) is 2.55. The van der Waals surface area contributed by atoms with Gasteiger partial charge in [-0.2, -0.15) is 0 Å². The molecule has 0 bridgehead atoms. The normalized spacial score (nSPS) is 10.4. The number of fused-ring (bicyclic) bond motifs is 1. The summed E-state index contributed by atoms with van der Waals surface area (Å²) in [5, 5.41) is 1.07. The van der Waals surface area contributed by atoms with E-state index in [2.05, 4.69) is 15.8 Å². The third-order valence-corrected chi connectivity index (χ3v) is 3.45. The molecule has 0 spiro atoms. The van der Waals surface area contributed by atoms with Gasteiger partial charge in [0.1, 0.15) is 5.56 Å². The van der Waals surface area contributed by atoms with Crippen LogP contribution in [0.5, 0.6) is 0 Å². The van der Waals surface area contributed by atoms with Crippen LogP contribution in [0, 0.1) is 0 Å². The highest BCUT2D eigenvalue weighted by atomic mass is 35.5. The van der Waals surface area contributed by atoms with Crippen molar-refractivity contribution in [3.05, 3.63) is 75.5 Å². The summed E-state index contributed by atoms with van der Waals surface area (Å²) in [5.74, 6) is -0.512. The van der Waals surface area contributed by atoms with E-state index in [1.807, 2.05) is 6.07 Å². The summed E-state index contributed by atoms with van der Waals surface area (Å²) in [7, 11) is 0. The summed E-state index contributed by atoms with van der Waals surface area (Å²) in [4.78, 5) is 27.4. The van der Waals surface area contributed by atoms with Crippen LogP contribution in [0.2, 0.25) is 5.02 Å². The second kappa shape index (κ2) is 5.91. The summed E-state index contributed by atoms with van der Waals surface area (Å²) in [6.45, 7) is 0. The van der Waals surface area contributed by atoms with Crippen molar-refractivity contribution in [2.45, 2.75) is 0 Å². The average molecular weight is 314 g/mol. The smallest absolute Gasteiger partial charge is 0.275 e. The third kappa shape index (κ3) is 2.80. The number of carbonyl (C=O) groups is 1. The van der Waals surface area contributed by atoms with Gasteiger partial charge in [-0.15, -0.1) is 0 Å². The van der Waals surface area contributed by atoms with Crippen LogP contribution in [0.1, 0.15) is 10.4 Å². The first-order chi connectivity index (χ1) is 10.6. The van der Waals surface area contributed by atoms with E-state index >= 15 is 0 Å². The first-order valence-electron chi connectivity index (χ1n) is 6.57. The van der Waals surface area contributed by atoms with Gasteiger partial charge in [-0.3, -0.25) is 20.4 Å². The summed E-state index contributed by atoms with van der Waals surface area (Å²) in [5.41, 5.74) is 6.30. The van der Waals surface area contributed by atoms with Crippen LogP contribution in [0.25, 0.3) is 10.9 Å². The van der Waals surface area contributed by atoms with E-state index in [1.54, 1.807) is 42.5 Å². The number of aromatic amines is 1. The van der Waals surface area contributed by atoms with E-state index in [0.717, 1.165) is 0 Å². The fraction of sp³-hybridized carbons (Fsp3) is 0. The van der Waals surface area contributed by atoms with Crippen LogP contribution in [-0.4, -0.2) is 10.9 Å². The number of pyridine rings is 1. The maximum Gasteiger partial charge on any atom is 0.275 e. The molecule has 0 radical (unpaired) electrons. The Balaban J connectivity index is 1.82. The number of carbonyl (C=O) groups excluding carboxylic acids is 1. The van der Waals surface area contributed by atoms with E-state index in [1.165, 1.54) is 6.20 Å². The van der Waals surface area contributed by atoms with E-state index in [9.17, 15) is 9.59 Å². The molecule has 0 aliphatic heterocycles. The molecule has 0 saturated heterocycles. The van der Waals surface area contributed by atoms with Crippen molar-refractivity contribution in [3.8, 4) is 0 Å². The second-order valence-corrected chi connectivity index (χ2v) is 5.10. The number of rotatable bonds is 3. The van der Waals surface area contributed by atoms with Crippen molar-refractivity contribution in [2.75, 3.05) is 5.43 Å². The topological polar surface area (TPSA) is 74.0 Å². The Labute approximate surface area is 130 Å². The van der Waals surface area contributed by atoms with E-state index in [0.29, 0.717) is 21.6 Å². The van der Waals surface area contributed by atoms with Crippen LogP contribution in [0.15, 0.2) is 59.5 Å². The van der Waals surface area contributed by atoms with Crippen LogP contribution in [0.3, 0.4) is 0 Å². The minimum Gasteiger partial charge on any atom is -0.360 e. The van der Waals surface area contributed by atoms with Crippen molar-refractivity contribution in [2.24, 2.45) is 0 Å². The van der Waals surface area contributed by atoms with Gasteiger partial charge in [0.15, 0.2) is 0 Å². The standard InChI is InChI=1S/C16H12ClN3O2/c17-10-5-7-11(8-6-10)19-20-16(22)13-9-18-14-4-2-1-3-12(14)15(13)21/h1-9,19H,(H,18,21)(H,20,22). The number of nitrogens with one attached hydrogen (secondary N) is 3. The third-order valence-electron chi connectivity index (χ3n) is 3.20. The van der Waals surface area contributed by atoms with Crippen LogP contribution >= 0.6 is 11.6 Å². The Kier molecular flexibility index (Phi) is 3.80. The Hall–Kier alpha value is -2.79. The van der Waals surface area contributed by atoms with E-state index < -0.39 is 5.91 Å². The largest absolute Gasteiger partial charge is 0.360 e. The van der Waals surface area contributed by atoms with Gasteiger partial charge in [-0.1, -0.05) is 23.7 Å². The number of hydrogen-bond acceptors (Lipinski definition) is 3. The number of H-pyrrole nitrogens is 1. The minimum atomic E-state index is -0.512. The van der Waals surface area contributed by atoms with Gasteiger partial charge in [0, 0.05) is 22.1 Å². The molecule has 5 nitrogen and oxygen atoms in total. The lowest BCUT2D eigenvalue weighted by Gasteiger charge is -2.08. The van der Waals surface area contributed by atoms with Crippen LogP contribution in [-0.2, 0) is 0 Å².